The highest BCUT2D eigenvalue weighted by molar-refractivity contribution is 5.87. The number of nitrogens with zero attached hydrogens (tertiary/aromatic N) is 1. The molecule has 23 heavy (non-hydrogen) atoms. The maximum absolute atomic E-state index is 11.8. The minimum absolute atomic E-state index is 0.0859. The second-order valence-corrected chi connectivity index (χ2v) is 5.74. The van der Waals surface area contributed by atoms with Crippen LogP contribution in [0.3, 0.4) is 0 Å². The molecule has 0 radical (unpaired) electrons. The van der Waals surface area contributed by atoms with Crippen molar-refractivity contribution in [3.63, 3.8) is 0 Å². The van der Waals surface area contributed by atoms with Gasteiger partial charge in [-0.2, -0.15) is 0 Å². The molecule has 2 unspecified atom stereocenters. The number of carbonyl (C=O) groups excluding carboxylic acids is 2. The summed E-state index contributed by atoms with van der Waals surface area (Å²) in [6.45, 7) is 3.45. The van der Waals surface area contributed by atoms with E-state index >= 15 is 0 Å². The zero-order valence-electron chi connectivity index (χ0n) is 13.1. The Labute approximate surface area is 136 Å². The van der Waals surface area contributed by atoms with E-state index in [4.69, 9.17) is 16.2 Å². The van der Waals surface area contributed by atoms with Crippen LogP contribution in [-0.2, 0) is 20.9 Å². The summed E-state index contributed by atoms with van der Waals surface area (Å²) < 4.78 is 5.67. The molecule has 2 rings (SSSR count). The Hall–Kier alpha value is -1.96. The van der Waals surface area contributed by atoms with Gasteiger partial charge in [-0.1, -0.05) is 30.3 Å². The molecule has 0 aliphatic carbocycles. The number of hydrogen-bond acceptors (Lipinski definition) is 5. The van der Waals surface area contributed by atoms with Gasteiger partial charge >= 0.3 is 0 Å². The van der Waals surface area contributed by atoms with Crippen LogP contribution in [0.2, 0.25) is 0 Å². The number of morpholine rings is 1. The molecule has 7 heteroatoms. The van der Waals surface area contributed by atoms with Crippen molar-refractivity contribution in [3.05, 3.63) is 35.9 Å². The summed E-state index contributed by atoms with van der Waals surface area (Å²) in [4.78, 5) is 24.8. The molecule has 0 bridgehead atoms. The van der Waals surface area contributed by atoms with E-state index in [0.29, 0.717) is 13.2 Å². The van der Waals surface area contributed by atoms with E-state index in [9.17, 15) is 9.59 Å². The predicted octanol–water partition coefficient (Wildman–Crippen LogP) is -0.794. The summed E-state index contributed by atoms with van der Waals surface area (Å²) in [5, 5.41) is 2.72. The summed E-state index contributed by atoms with van der Waals surface area (Å²) in [6.07, 6.45) is -0.241. The Kier molecular flexibility index (Phi) is 6.52. The van der Waals surface area contributed by atoms with E-state index < -0.39 is 11.9 Å². The van der Waals surface area contributed by atoms with Crippen LogP contribution < -0.4 is 16.8 Å². The zero-order valence-corrected chi connectivity index (χ0v) is 13.1. The molecule has 1 fully saturated rings. The molecule has 5 N–H and O–H groups in total. The lowest BCUT2D eigenvalue weighted by atomic mass is 10.1. The van der Waals surface area contributed by atoms with E-state index in [-0.39, 0.29) is 18.4 Å². The van der Waals surface area contributed by atoms with Crippen LogP contribution in [0.1, 0.15) is 12.0 Å². The van der Waals surface area contributed by atoms with Crippen molar-refractivity contribution >= 4 is 11.8 Å². The van der Waals surface area contributed by atoms with Crippen molar-refractivity contribution in [1.29, 1.82) is 0 Å². The third-order valence-corrected chi connectivity index (χ3v) is 3.73. The number of nitrogens with one attached hydrogen (secondary N) is 1. The third kappa shape index (κ3) is 5.97. The first-order chi connectivity index (χ1) is 11.0. The van der Waals surface area contributed by atoms with E-state index in [2.05, 4.69) is 22.3 Å². The molecular formula is C16H24N4O3. The van der Waals surface area contributed by atoms with Crippen LogP contribution in [0.4, 0.5) is 0 Å². The maximum atomic E-state index is 11.8. The minimum Gasteiger partial charge on any atom is -0.374 e. The van der Waals surface area contributed by atoms with E-state index in [0.717, 1.165) is 19.6 Å². The first-order valence-electron chi connectivity index (χ1n) is 7.74. The molecule has 0 spiro atoms. The molecule has 1 heterocycles. The molecule has 1 aliphatic heterocycles. The van der Waals surface area contributed by atoms with Crippen LogP contribution in [0.25, 0.3) is 0 Å². The molecule has 0 saturated carbocycles. The van der Waals surface area contributed by atoms with Gasteiger partial charge in [0.15, 0.2) is 0 Å². The van der Waals surface area contributed by atoms with Crippen molar-refractivity contribution in [2.45, 2.75) is 25.1 Å². The lowest BCUT2D eigenvalue weighted by Crippen LogP contribution is -2.50. The topological polar surface area (TPSA) is 111 Å². The largest absolute Gasteiger partial charge is 0.374 e. The second-order valence-electron chi connectivity index (χ2n) is 5.74. The van der Waals surface area contributed by atoms with Crippen LogP contribution in [-0.4, -0.2) is 55.1 Å². The Morgan fingerprint density at radius 1 is 1.35 bits per heavy atom. The predicted molar refractivity (Wildman–Crippen MR) is 86.3 cm³/mol. The van der Waals surface area contributed by atoms with Crippen molar-refractivity contribution in [3.8, 4) is 0 Å². The first-order valence-corrected chi connectivity index (χ1v) is 7.74. The highest BCUT2D eigenvalue weighted by Crippen LogP contribution is 2.10. The Morgan fingerprint density at radius 2 is 2.09 bits per heavy atom. The lowest BCUT2D eigenvalue weighted by molar-refractivity contribution is -0.127. The van der Waals surface area contributed by atoms with Crippen LogP contribution in [0.15, 0.2) is 30.3 Å². The zero-order chi connectivity index (χ0) is 16.7. The van der Waals surface area contributed by atoms with Gasteiger partial charge in [-0.25, -0.2) is 0 Å². The Bertz CT molecular complexity index is 523. The SMILES string of the molecule is NC(=O)CC(N)C(=O)NCC1CN(Cc2ccccc2)CCO1. The fourth-order valence-electron chi connectivity index (χ4n) is 2.54. The second kappa shape index (κ2) is 8.61. The summed E-state index contributed by atoms with van der Waals surface area (Å²) in [7, 11) is 0. The average molecular weight is 320 g/mol. The van der Waals surface area contributed by atoms with Crippen LogP contribution in [0, 0.1) is 0 Å². The maximum Gasteiger partial charge on any atom is 0.237 e. The van der Waals surface area contributed by atoms with Gasteiger partial charge in [0.1, 0.15) is 0 Å². The Balaban J connectivity index is 1.75. The quantitative estimate of drug-likeness (QED) is 0.609. The van der Waals surface area contributed by atoms with Crippen LogP contribution in [0.5, 0.6) is 0 Å². The van der Waals surface area contributed by atoms with Gasteiger partial charge in [0, 0.05) is 26.2 Å². The van der Waals surface area contributed by atoms with Crippen molar-refractivity contribution in [2.75, 3.05) is 26.2 Å². The van der Waals surface area contributed by atoms with Gasteiger partial charge in [-0.3, -0.25) is 14.5 Å². The number of nitrogens with two attached hydrogens (primary N) is 2. The summed E-state index contributed by atoms with van der Waals surface area (Å²) >= 11 is 0. The van der Waals surface area contributed by atoms with Gasteiger partial charge in [-0.15, -0.1) is 0 Å². The average Bonchev–Trinajstić information content (AvgIpc) is 2.53. The van der Waals surface area contributed by atoms with Crippen molar-refractivity contribution < 1.29 is 14.3 Å². The molecule has 7 nitrogen and oxygen atoms in total. The number of benzene rings is 1. The third-order valence-electron chi connectivity index (χ3n) is 3.73. The number of rotatable bonds is 7. The molecule has 126 valence electrons. The van der Waals surface area contributed by atoms with Gasteiger partial charge < -0.3 is 21.5 Å². The van der Waals surface area contributed by atoms with Crippen molar-refractivity contribution in [2.24, 2.45) is 11.5 Å². The molecule has 2 amide bonds. The molecule has 1 aliphatic rings. The number of ether oxygens (including phenoxy) is 1. The lowest BCUT2D eigenvalue weighted by Gasteiger charge is -2.33. The van der Waals surface area contributed by atoms with Crippen molar-refractivity contribution in [1.82, 2.24) is 10.2 Å². The standard InChI is InChI=1S/C16H24N4O3/c17-14(8-15(18)21)16(22)19-9-13-11-20(6-7-23-13)10-12-4-2-1-3-5-12/h1-5,13-14H,6-11,17H2,(H2,18,21)(H,19,22). The summed E-state index contributed by atoms with van der Waals surface area (Å²) in [6, 6.07) is 9.32. The number of amides is 2. The Morgan fingerprint density at radius 3 is 2.78 bits per heavy atom. The van der Waals surface area contributed by atoms with E-state index in [1.165, 1.54) is 5.56 Å². The molecular weight excluding hydrogens is 296 g/mol. The van der Waals surface area contributed by atoms with Gasteiger partial charge in [0.05, 0.1) is 25.2 Å². The molecule has 2 atom stereocenters. The highest BCUT2D eigenvalue weighted by atomic mass is 16.5. The number of primary amides is 1. The summed E-state index contributed by atoms with van der Waals surface area (Å²) in [5.41, 5.74) is 11.9. The van der Waals surface area contributed by atoms with Gasteiger partial charge in [0.2, 0.25) is 11.8 Å². The molecule has 0 aromatic heterocycles. The number of carbonyl (C=O) groups is 2. The smallest absolute Gasteiger partial charge is 0.237 e. The summed E-state index contributed by atoms with van der Waals surface area (Å²) in [5.74, 6) is -0.969. The molecule has 1 aromatic rings. The fraction of sp³-hybridized carbons (Fsp3) is 0.500. The van der Waals surface area contributed by atoms with E-state index in [1.54, 1.807) is 0 Å². The highest BCUT2D eigenvalue weighted by Gasteiger charge is 2.22. The number of hydrogen-bond donors (Lipinski definition) is 3. The van der Waals surface area contributed by atoms with Gasteiger partial charge in [0.25, 0.3) is 0 Å². The van der Waals surface area contributed by atoms with E-state index in [1.807, 2.05) is 18.2 Å². The van der Waals surface area contributed by atoms with Gasteiger partial charge in [-0.05, 0) is 5.56 Å². The fourth-order valence-corrected chi connectivity index (χ4v) is 2.54. The molecule has 1 aromatic carbocycles. The normalized spacial score (nSPS) is 20.0. The van der Waals surface area contributed by atoms with Crippen LogP contribution >= 0.6 is 0 Å². The minimum atomic E-state index is -0.906. The monoisotopic (exact) mass is 320 g/mol. The molecule has 1 saturated heterocycles. The first kappa shape index (κ1) is 17.4.